The van der Waals surface area contributed by atoms with E-state index in [1.54, 1.807) is 11.9 Å². The number of carbonyl (C=O) groups excluding carboxylic acids is 2. The summed E-state index contributed by atoms with van der Waals surface area (Å²) in [7, 11) is 1.63. The molecule has 0 bridgehead atoms. The van der Waals surface area contributed by atoms with E-state index in [9.17, 15) is 9.59 Å². The zero-order chi connectivity index (χ0) is 12.8. The zero-order valence-corrected chi connectivity index (χ0v) is 10.7. The second-order valence-corrected chi connectivity index (χ2v) is 4.63. The number of nitrogens with two attached hydrogens (primary N) is 1. The lowest BCUT2D eigenvalue weighted by Crippen LogP contribution is -2.50. The van der Waals surface area contributed by atoms with E-state index in [0.717, 1.165) is 25.8 Å². The molecule has 1 aliphatic rings. The first kappa shape index (κ1) is 14.0. The van der Waals surface area contributed by atoms with Gasteiger partial charge in [0.15, 0.2) is 0 Å². The number of likely N-dealkylation sites (tertiary alicyclic amines) is 1. The maximum absolute atomic E-state index is 12.0. The van der Waals surface area contributed by atoms with Gasteiger partial charge in [-0.2, -0.15) is 0 Å². The van der Waals surface area contributed by atoms with Crippen LogP contribution in [0, 0.1) is 5.92 Å². The predicted molar refractivity (Wildman–Crippen MR) is 66.3 cm³/mol. The SMILES string of the molecule is CCC[C@@H](N)C(=O)N1CCCC(C(=O)NC)C1. The van der Waals surface area contributed by atoms with Gasteiger partial charge in [-0.1, -0.05) is 13.3 Å². The van der Waals surface area contributed by atoms with Gasteiger partial charge in [0.25, 0.3) is 0 Å². The number of amides is 2. The normalized spacial score (nSPS) is 22.1. The van der Waals surface area contributed by atoms with Crippen LogP contribution < -0.4 is 11.1 Å². The Kier molecular flexibility index (Phi) is 5.41. The van der Waals surface area contributed by atoms with Crippen LogP contribution in [-0.4, -0.2) is 42.9 Å². The fraction of sp³-hybridized carbons (Fsp3) is 0.833. The van der Waals surface area contributed by atoms with E-state index in [-0.39, 0.29) is 17.7 Å². The van der Waals surface area contributed by atoms with Crippen LogP contribution in [0.5, 0.6) is 0 Å². The molecule has 0 aliphatic carbocycles. The zero-order valence-electron chi connectivity index (χ0n) is 10.7. The monoisotopic (exact) mass is 241 g/mol. The third-order valence-electron chi connectivity index (χ3n) is 3.27. The van der Waals surface area contributed by atoms with Crippen molar-refractivity contribution in [3.8, 4) is 0 Å². The highest BCUT2D eigenvalue weighted by atomic mass is 16.2. The smallest absolute Gasteiger partial charge is 0.239 e. The lowest BCUT2D eigenvalue weighted by molar-refractivity contribution is -0.136. The van der Waals surface area contributed by atoms with E-state index in [0.29, 0.717) is 13.0 Å². The van der Waals surface area contributed by atoms with Crippen LogP contribution in [0.2, 0.25) is 0 Å². The lowest BCUT2D eigenvalue weighted by atomic mass is 9.96. The molecule has 5 heteroatoms. The van der Waals surface area contributed by atoms with Crippen molar-refractivity contribution < 1.29 is 9.59 Å². The van der Waals surface area contributed by atoms with Crippen LogP contribution in [0.3, 0.4) is 0 Å². The molecule has 1 unspecified atom stereocenters. The molecule has 2 amide bonds. The van der Waals surface area contributed by atoms with Crippen LogP contribution in [0.15, 0.2) is 0 Å². The summed E-state index contributed by atoms with van der Waals surface area (Å²) in [6.07, 6.45) is 3.34. The molecular formula is C12H23N3O2. The quantitative estimate of drug-likeness (QED) is 0.733. The van der Waals surface area contributed by atoms with E-state index in [4.69, 9.17) is 5.73 Å². The van der Waals surface area contributed by atoms with Gasteiger partial charge in [0, 0.05) is 20.1 Å². The number of piperidine rings is 1. The van der Waals surface area contributed by atoms with Crippen molar-refractivity contribution in [2.75, 3.05) is 20.1 Å². The minimum Gasteiger partial charge on any atom is -0.359 e. The van der Waals surface area contributed by atoms with E-state index >= 15 is 0 Å². The number of hydrogen-bond donors (Lipinski definition) is 2. The Labute approximate surface area is 103 Å². The van der Waals surface area contributed by atoms with Gasteiger partial charge in [0.1, 0.15) is 0 Å². The molecule has 0 aromatic heterocycles. The highest BCUT2D eigenvalue weighted by Gasteiger charge is 2.29. The topological polar surface area (TPSA) is 75.4 Å². The first-order valence-electron chi connectivity index (χ1n) is 6.36. The summed E-state index contributed by atoms with van der Waals surface area (Å²) in [5.41, 5.74) is 5.82. The van der Waals surface area contributed by atoms with Crippen molar-refractivity contribution in [1.29, 1.82) is 0 Å². The molecule has 1 aliphatic heterocycles. The van der Waals surface area contributed by atoms with Crippen molar-refractivity contribution in [3.05, 3.63) is 0 Å². The second kappa shape index (κ2) is 6.59. The second-order valence-electron chi connectivity index (χ2n) is 4.63. The van der Waals surface area contributed by atoms with E-state index in [1.165, 1.54) is 0 Å². The summed E-state index contributed by atoms with van der Waals surface area (Å²) in [5.74, 6) is -0.0708. The highest BCUT2D eigenvalue weighted by molar-refractivity contribution is 5.83. The van der Waals surface area contributed by atoms with Gasteiger partial charge >= 0.3 is 0 Å². The van der Waals surface area contributed by atoms with E-state index in [1.807, 2.05) is 6.92 Å². The first-order chi connectivity index (χ1) is 8.10. The van der Waals surface area contributed by atoms with E-state index < -0.39 is 6.04 Å². The van der Waals surface area contributed by atoms with Crippen molar-refractivity contribution in [2.24, 2.45) is 11.7 Å². The third-order valence-corrected chi connectivity index (χ3v) is 3.27. The van der Waals surface area contributed by atoms with Crippen LogP contribution in [-0.2, 0) is 9.59 Å². The third kappa shape index (κ3) is 3.70. The van der Waals surface area contributed by atoms with Crippen LogP contribution in [0.1, 0.15) is 32.6 Å². The minimum absolute atomic E-state index is 0.0135. The van der Waals surface area contributed by atoms with Gasteiger partial charge < -0.3 is 16.0 Å². The molecule has 5 nitrogen and oxygen atoms in total. The van der Waals surface area contributed by atoms with E-state index in [2.05, 4.69) is 5.32 Å². The van der Waals surface area contributed by atoms with Crippen molar-refractivity contribution in [1.82, 2.24) is 10.2 Å². The molecule has 1 rings (SSSR count). The molecule has 0 spiro atoms. The average molecular weight is 241 g/mol. The molecule has 0 radical (unpaired) electrons. The van der Waals surface area contributed by atoms with Gasteiger partial charge in [-0.15, -0.1) is 0 Å². The number of nitrogens with zero attached hydrogens (tertiary/aromatic N) is 1. The maximum Gasteiger partial charge on any atom is 0.239 e. The molecule has 98 valence electrons. The summed E-state index contributed by atoms with van der Waals surface area (Å²) >= 11 is 0. The van der Waals surface area contributed by atoms with Gasteiger partial charge in [-0.3, -0.25) is 9.59 Å². The summed E-state index contributed by atoms with van der Waals surface area (Å²) in [5, 5.41) is 2.64. The number of hydrogen-bond acceptors (Lipinski definition) is 3. The minimum atomic E-state index is -0.413. The fourth-order valence-electron chi connectivity index (χ4n) is 2.26. The molecule has 1 saturated heterocycles. The average Bonchev–Trinajstić information content (AvgIpc) is 2.37. The fourth-order valence-corrected chi connectivity index (χ4v) is 2.26. The Morgan fingerprint density at radius 3 is 2.82 bits per heavy atom. The van der Waals surface area contributed by atoms with Crippen molar-refractivity contribution in [2.45, 2.75) is 38.6 Å². The number of rotatable bonds is 4. The number of carbonyl (C=O) groups is 2. The highest BCUT2D eigenvalue weighted by Crippen LogP contribution is 2.17. The van der Waals surface area contributed by atoms with Crippen LogP contribution in [0.25, 0.3) is 0 Å². The van der Waals surface area contributed by atoms with Crippen LogP contribution >= 0.6 is 0 Å². The molecule has 17 heavy (non-hydrogen) atoms. The molecule has 3 N–H and O–H groups in total. The molecule has 0 aromatic carbocycles. The molecule has 0 aromatic rings. The Bertz CT molecular complexity index is 281. The largest absolute Gasteiger partial charge is 0.359 e. The van der Waals surface area contributed by atoms with Crippen LogP contribution in [0.4, 0.5) is 0 Å². The van der Waals surface area contributed by atoms with Gasteiger partial charge in [-0.25, -0.2) is 0 Å². The van der Waals surface area contributed by atoms with Gasteiger partial charge in [0.2, 0.25) is 11.8 Å². The molecule has 1 fully saturated rings. The summed E-state index contributed by atoms with van der Waals surface area (Å²) < 4.78 is 0. The Balaban J connectivity index is 2.54. The van der Waals surface area contributed by atoms with Gasteiger partial charge in [0.05, 0.1) is 12.0 Å². The molecular weight excluding hydrogens is 218 g/mol. The Hall–Kier alpha value is -1.10. The molecule has 1 heterocycles. The number of nitrogens with one attached hydrogen (secondary N) is 1. The summed E-state index contributed by atoms with van der Waals surface area (Å²) in [4.78, 5) is 25.3. The van der Waals surface area contributed by atoms with Crippen molar-refractivity contribution >= 4 is 11.8 Å². The maximum atomic E-state index is 12.0. The standard InChI is InChI=1S/C12H23N3O2/c1-3-5-10(13)12(17)15-7-4-6-9(8-15)11(16)14-2/h9-10H,3-8,13H2,1-2H3,(H,14,16)/t9?,10-/m1/s1. The summed E-state index contributed by atoms with van der Waals surface area (Å²) in [6, 6.07) is -0.413. The Morgan fingerprint density at radius 1 is 1.53 bits per heavy atom. The summed E-state index contributed by atoms with van der Waals surface area (Å²) in [6.45, 7) is 3.25. The molecule has 0 saturated carbocycles. The molecule has 2 atom stereocenters. The first-order valence-corrected chi connectivity index (χ1v) is 6.36. The van der Waals surface area contributed by atoms with Gasteiger partial charge in [-0.05, 0) is 19.3 Å². The Morgan fingerprint density at radius 2 is 2.24 bits per heavy atom. The predicted octanol–water partition coefficient (Wildman–Crippen LogP) is 0.0984. The lowest BCUT2D eigenvalue weighted by Gasteiger charge is -2.33. The van der Waals surface area contributed by atoms with Crippen molar-refractivity contribution in [3.63, 3.8) is 0 Å².